The van der Waals surface area contributed by atoms with Crippen LogP contribution >= 0.6 is 23.2 Å². The molecule has 2 N–H and O–H groups in total. The van der Waals surface area contributed by atoms with Gasteiger partial charge in [-0.25, -0.2) is 10.2 Å². The molecule has 0 saturated carbocycles. The molecule has 41 heavy (non-hydrogen) atoms. The molecule has 5 rings (SSSR count). The third-order valence-electron chi connectivity index (χ3n) is 6.20. The second kappa shape index (κ2) is 12.2. The molecule has 0 aliphatic rings. The van der Waals surface area contributed by atoms with Crippen molar-refractivity contribution in [2.75, 3.05) is 14.2 Å². The number of aromatic amines is 1. The zero-order valence-corrected chi connectivity index (χ0v) is 23.4. The number of halogens is 2. The van der Waals surface area contributed by atoms with Gasteiger partial charge in [-0.1, -0.05) is 53.5 Å². The van der Waals surface area contributed by atoms with Gasteiger partial charge in [0.05, 0.1) is 31.0 Å². The summed E-state index contributed by atoms with van der Waals surface area (Å²) in [6.07, 6.45) is 1.45. The predicted octanol–water partition coefficient (Wildman–Crippen LogP) is 7.14. The molecule has 0 aliphatic carbocycles. The van der Waals surface area contributed by atoms with E-state index in [-0.39, 0.29) is 11.4 Å². The number of carbonyl (C=O) groups excluding carboxylic acids is 2. The summed E-state index contributed by atoms with van der Waals surface area (Å²) in [5.74, 6) is 0.157. The molecule has 0 saturated heterocycles. The molecule has 4 aromatic carbocycles. The van der Waals surface area contributed by atoms with Crippen molar-refractivity contribution in [3.05, 3.63) is 112 Å². The molecule has 0 aliphatic heterocycles. The van der Waals surface area contributed by atoms with Crippen LogP contribution in [0.3, 0.4) is 0 Å². The zero-order valence-electron chi connectivity index (χ0n) is 21.9. The third kappa shape index (κ3) is 6.04. The molecule has 8 nitrogen and oxygen atoms in total. The lowest BCUT2D eigenvalue weighted by Crippen LogP contribution is -2.18. The summed E-state index contributed by atoms with van der Waals surface area (Å²) in [7, 11) is 3.01. The van der Waals surface area contributed by atoms with Crippen LogP contribution < -0.4 is 19.6 Å². The topological polar surface area (TPSA) is 102 Å². The van der Waals surface area contributed by atoms with Crippen molar-refractivity contribution < 1.29 is 23.8 Å². The lowest BCUT2D eigenvalue weighted by Gasteiger charge is -2.10. The van der Waals surface area contributed by atoms with E-state index in [1.165, 1.54) is 13.3 Å². The van der Waals surface area contributed by atoms with Crippen LogP contribution in [0.4, 0.5) is 0 Å². The van der Waals surface area contributed by atoms with Crippen LogP contribution in [0.2, 0.25) is 10.0 Å². The molecule has 0 bridgehead atoms. The normalized spacial score (nSPS) is 11.0. The highest BCUT2D eigenvalue weighted by molar-refractivity contribution is 6.40. The Bertz CT molecular complexity index is 1770. The minimum Gasteiger partial charge on any atom is -0.497 e. The minimum absolute atomic E-state index is 0.232. The van der Waals surface area contributed by atoms with E-state index in [1.807, 2.05) is 30.3 Å². The number of amides is 1. The number of hydrazone groups is 1. The summed E-state index contributed by atoms with van der Waals surface area (Å²) < 4.78 is 16.0. The first-order valence-electron chi connectivity index (χ1n) is 12.3. The maximum absolute atomic E-state index is 13.2. The molecule has 1 heterocycles. The van der Waals surface area contributed by atoms with E-state index in [0.717, 1.165) is 5.56 Å². The van der Waals surface area contributed by atoms with Crippen LogP contribution in [0.25, 0.3) is 22.0 Å². The molecular formula is C31H23Cl2N3O5. The second-order valence-electron chi connectivity index (χ2n) is 8.78. The van der Waals surface area contributed by atoms with Crippen LogP contribution in [0.1, 0.15) is 26.4 Å². The van der Waals surface area contributed by atoms with Crippen molar-refractivity contribution in [3.8, 4) is 28.4 Å². The summed E-state index contributed by atoms with van der Waals surface area (Å²) in [5, 5.41) is 5.66. The molecule has 206 valence electrons. The van der Waals surface area contributed by atoms with E-state index in [1.54, 1.807) is 61.7 Å². The zero-order chi connectivity index (χ0) is 28.9. The van der Waals surface area contributed by atoms with E-state index in [9.17, 15) is 9.59 Å². The summed E-state index contributed by atoms with van der Waals surface area (Å²) in [6.45, 7) is 0. The number of nitrogens with zero attached hydrogens (tertiary/aromatic N) is 1. The van der Waals surface area contributed by atoms with Crippen LogP contribution in [0.5, 0.6) is 17.2 Å². The lowest BCUT2D eigenvalue weighted by atomic mass is 10.0. The van der Waals surface area contributed by atoms with Crippen LogP contribution in [-0.2, 0) is 0 Å². The number of ether oxygens (including phenoxy) is 3. The molecule has 0 atom stereocenters. The second-order valence-corrected chi connectivity index (χ2v) is 9.62. The maximum atomic E-state index is 13.2. The molecule has 0 fully saturated rings. The van der Waals surface area contributed by atoms with Gasteiger partial charge in [-0.15, -0.1) is 0 Å². The minimum atomic E-state index is -0.548. The van der Waals surface area contributed by atoms with Crippen LogP contribution in [-0.4, -0.2) is 37.3 Å². The molecule has 0 radical (unpaired) electrons. The van der Waals surface area contributed by atoms with Gasteiger partial charge in [0.2, 0.25) is 0 Å². The van der Waals surface area contributed by atoms with E-state index in [2.05, 4.69) is 15.5 Å². The first kappa shape index (κ1) is 27.8. The van der Waals surface area contributed by atoms with Gasteiger partial charge in [-0.2, -0.15) is 5.10 Å². The van der Waals surface area contributed by atoms with Gasteiger partial charge < -0.3 is 19.2 Å². The molecule has 0 spiro atoms. The average molecular weight is 588 g/mol. The van der Waals surface area contributed by atoms with Gasteiger partial charge in [-0.05, 0) is 65.7 Å². The first-order chi connectivity index (χ1) is 19.9. The van der Waals surface area contributed by atoms with Crippen molar-refractivity contribution in [1.82, 2.24) is 10.4 Å². The Balaban J connectivity index is 1.35. The highest BCUT2D eigenvalue weighted by Gasteiger charge is 2.21. The standard InChI is InChI=1S/C31H23Cl2N3O5/c1-39-22-11-9-20(10-12-22)31(38)41-25-13-8-18(14-26(25)40-2)17-34-36-30(37)29-27(19-6-4-3-5-7-19)28-23(33)15-21(32)16-24(28)35-29/h3-17,35H,1-2H3,(H,36,37). The van der Waals surface area contributed by atoms with Crippen molar-refractivity contribution >= 4 is 52.2 Å². The number of carbonyl (C=O) groups is 2. The Morgan fingerprint density at radius 1 is 0.878 bits per heavy atom. The van der Waals surface area contributed by atoms with E-state index in [4.69, 9.17) is 37.4 Å². The number of benzene rings is 4. The van der Waals surface area contributed by atoms with Crippen molar-refractivity contribution in [1.29, 1.82) is 0 Å². The van der Waals surface area contributed by atoms with Gasteiger partial charge in [0.1, 0.15) is 11.4 Å². The van der Waals surface area contributed by atoms with E-state index in [0.29, 0.717) is 49.1 Å². The Hall–Kier alpha value is -4.79. The molecule has 1 aromatic heterocycles. The molecule has 10 heteroatoms. The van der Waals surface area contributed by atoms with Crippen LogP contribution in [0, 0.1) is 0 Å². The maximum Gasteiger partial charge on any atom is 0.343 e. The number of methoxy groups -OCH3 is 2. The smallest absolute Gasteiger partial charge is 0.343 e. The Morgan fingerprint density at radius 3 is 2.34 bits per heavy atom. The number of aromatic nitrogens is 1. The number of fused-ring (bicyclic) bond motifs is 1. The Labute approximate surface area is 245 Å². The fourth-order valence-corrected chi connectivity index (χ4v) is 4.86. The van der Waals surface area contributed by atoms with Crippen molar-refractivity contribution in [2.45, 2.75) is 0 Å². The number of hydrogen-bond donors (Lipinski definition) is 2. The van der Waals surface area contributed by atoms with Crippen molar-refractivity contribution in [3.63, 3.8) is 0 Å². The highest BCUT2D eigenvalue weighted by atomic mass is 35.5. The fraction of sp³-hybridized carbons (Fsp3) is 0.0645. The monoisotopic (exact) mass is 587 g/mol. The molecule has 5 aromatic rings. The third-order valence-corrected chi connectivity index (χ3v) is 6.72. The largest absolute Gasteiger partial charge is 0.497 e. The SMILES string of the molecule is COc1ccc(C(=O)Oc2ccc(C=NNC(=O)c3[nH]c4cc(Cl)cc(Cl)c4c3-c3ccccc3)cc2OC)cc1. The summed E-state index contributed by atoms with van der Waals surface area (Å²) in [6, 6.07) is 24.2. The number of H-pyrrole nitrogens is 1. The van der Waals surface area contributed by atoms with Crippen LogP contribution in [0.15, 0.2) is 90.0 Å². The summed E-state index contributed by atoms with van der Waals surface area (Å²) in [4.78, 5) is 28.9. The number of nitrogens with one attached hydrogen (secondary N) is 2. The summed E-state index contributed by atoms with van der Waals surface area (Å²) in [5.41, 5.74) is 5.86. The van der Waals surface area contributed by atoms with Gasteiger partial charge in [-0.3, -0.25) is 4.79 Å². The van der Waals surface area contributed by atoms with E-state index < -0.39 is 11.9 Å². The van der Waals surface area contributed by atoms with Gasteiger partial charge in [0, 0.05) is 21.5 Å². The summed E-state index contributed by atoms with van der Waals surface area (Å²) >= 11 is 12.7. The van der Waals surface area contributed by atoms with Gasteiger partial charge in [0.15, 0.2) is 11.5 Å². The van der Waals surface area contributed by atoms with Gasteiger partial charge >= 0.3 is 5.97 Å². The molecule has 0 unspecified atom stereocenters. The molecule has 1 amide bonds. The number of hydrogen-bond acceptors (Lipinski definition) is 6. The first-order valence-corrected chi connectivity index (χ1v) is 13.1. The highest BCUT2D eigenvalue weighted by Crippen LogP contribution is 2.38. The fourth-order valence-electron chi connectivity index (χ4n) is 4.27. The predicted molar refractivity (Wildman–Crippen MR) is 160 cm³/mol. The quantitative estimate of drug-likeness (QED) is 0.0869. The van der Waals surface area contributed by atoms with Gasteiger partial charge in [0.25, 0.3) is 5.91 Å². The Kier molecular flexibility index (Phi) is 8.24. The lowest BCUT2D eigenvalue weighted by molar-refractivity contribution is 0.0729. The van der Waals surface area contributed by atoms with Crippen molar-refractivity contribution in [2.24, 2.45) is 5.10 Å². The van der Waals surface area contributed by atoms with E-state index >= 15 is 0 Å². The number of esters is 1. The Morgan fingerprint density at radius 2 is 1.63 bits per heavy atom. The number of rotatable bonds is 8. The molecular weight excluding hydrogens is 565 g/mol. The average Bonchev–Trinajstić information content (AvgIpc) is 3.38.